The summed E-state index contributed by atoms with van der Waals surface area (Å²) in [6, 6.07) is 26.3. The van der Waals surface area contributed by atoms with Crippen molar-refractivity contribution in [2.75, 3.05) is 19.6 Å². The Kier molecular flexibility index (Phi) is 7.48. The number of piperidine rings is 1. The van der Waals surface area contributed by atoms with Gasteiger partial charge in [-0.15, -0.1) is 12.4 Å². The van der Waals surface area contributed by atoms with E-state index in [4.69, 9.17) is 4.74 Å². The van der Waals surface area contributed by atoms with Crippen LogP contribution >= 0.6 is 12.4 Å². The highest BCUT2D eigenvalue weighted by Gasteiger charge is 2.33. The largest absolute Gasteiger partial charge is 0.457 e. The van der Waals surface area contributed by atoms with Gasteiger partial charge in [0.25, 0.3) is 5.91 Å². The summed E-state index contributed by atoms with van der Waals surface area (Å²) in [4.78, 5) is 17.3. The minimum Gasteiger partial charge on any atom is -0.457 e. The molecule has 0 unspecified atom stereocenters. The summed E-state index contributed by atoms with van der Waals surface area (Å²) in [5.74, 6) is 1.91. The zero-order chi connectivity index (χ0) is 21.8. The number of benzene rings is 3. The lowest BCUT2D eigenvalue weighted by Gasteiger charge is -2.36. The van der Waals surface area contributed by atoms with E-state index < -0.39 is 0 Å². The van der Waals surface area contributed by atoms with Crippen LogP contribution in [0, 0.1) is 0 Å². The molecule has 5 heteroatoms. The predicted octanol–water partition coefficient (Wildman–Crippen LogP) is 6.03. The van der Waals surface area contributed by atoms with E-state index in [1.54, 1.807) is 0 Å². The average molecular weight is 461 g/mol. The van der Waals surface area contributed by atoms with Gasteiger partial charge in [0.15, 0.2) is 0 Å². The van der Waals surface area contributed by atoms with Crippen LogP contribution in [0.2, 0.25) is 0 Å². The Morgan fingerprint density at radius 1 is 0.879 bits per heavy atom. The number of rotatable bonds is 6. The molecule has 0 atom stereocenters. The third-order valence-electron chi connectivity index (χ3n) is 6.40. The van der Waals surface area contributed by atoms with Gasteiger partial charge in [-0.25, -0.2) is 0 Å². The van der Waals surface area contributed by atoms with Gasteiger partial charge in [0.05, 0.1) is 0 Å². The lowest BCUT2D eigenvalue weighted by molar-refractivity contribution is 0.0607. The summed E-state index contributed by atoms with van der Waals surface area (Å²) < 4.78 is 6.06. The molecule has 1 fully saturated rings. The fourth-order valence-corrected chi connectivity index (χ4v) is 4.64. The van der Waals surface area contributed by atoms with Crippen LogP contribution in [0.25, 0.3) is 6.08 Å². The van der Waals surface area contributed by atoms with Gasteiger partial charge < -0.3 is 9.64 Å². The Morgan fingerprint density at radius 3 is 2.36 bits per heavy atom. The number of amides is 1. The summed E-state index contributed by atoms with van der Waals surface area (Å²) in [5.41, 5.74) is 3.13. The summed E-state index contributed by atoms with van der Waals surface area (Å²) in [5, 5.41) is 0. The molecule has 2 aliphatic heterocycles. The Balaban J connectivity index is 0.00000259. The number of carbonyl (C=O) groups excluding carboxylic acids is 1. The maximum Gasteiger partial charge on any atom is 0.254 e. The second kappa shape index (κ2) is 10.7. The second-order valence-corrected chi connectivity index (χ2v) is 8.48. The molecule has 0 bridgehead atoms. The number of nitrogens with zero attached hydrogens (tertiary/aromatic N) is 2. The van der Waals surface area contributed by atoms with Crippen LogP contribution in [0.4, 0.5) is 0 Å². The van der Waals surface area contributed by atoms with E-state index in [-0.39, 0.29) is 18.3 Å². The standard InChI is InChI=1S/C28H28N2O2.ClH/c31-28-26-14-6-4-10-23(26)21-30(28)24-16-19-29(20-17-24)18-8-11-22-9-5-7-15-27(22)32-25-12-2-1-3-13-25;/h1-15,24H,16-21H2;1H/b11-8-;. The maximum atomic E-state index is 12.8. The lowest BCUT2D eigenvalue weighted by atomic mass is 10.0. The molecule has 0 N–H and O–H groups in total. The fraction of sp³-hybridized carbons (Fsp3) is 0.250. The van der Waals surface area contributed by atoms with E-state index in [0.29, 0.717) is 6.04 Å². The Morgan fingerprint density at radius 2 is 1.58 bits per heavy atom. The molecule has 2 aliphatic rings. The minimum absolute atomic E-state index is 0. The molecule has 0 saturated carbocycles. The van der Waals surface area contributed by atoms with E-state index in [1.165, 1.54) is 5.56 Å². The molecule has 33 heavy (non-hydrogen) atoms. The molecule has 5 rings (SSSR count). The number of hydrogen-bond donors (Lipinski definition) is 0. The van der Waals surface area contributed by atoms with Crippen molar-refractivity contribution in [1.82, 2.24) is 9.80 Å². The molecular weight excluding hydrogens is 432 g/mol. The van der Waals surface area contributed by atoms with Crippen molar-refractivity contribution >= 4 is 24.4 Å². The Bertz CT molecular complexity index is 1110. The van der Waals surface area contributed by atoms with Crippen LogP contribution < -0.4 is 4.74 Å². The molecule has 0 aliphatic carbocycles. The highest BCUT2D eigenvalue weighted by molar-refractivity contribution is 5.98. The number of carbonyl (C=O) groups is 1. The summed E-state index contributed by atoms with van der Waals surface area (Å²) in [6.45, 7) is 3.69. The molecule has 3 aromatic carbocycles. The molecule has 1 saturated heterocycles. The van der Waals surface area contributed by atoms with Crippen LogP contribution in [0.3, 0.4) is 0 Å². The number of fused-ring (bicyclic) bond motifs is 1. The van der Waals surface area contributed by atoms with Crippen molar-refractivity contribution in [2.45, 2.75) is 25.4 Å². The fourth-order valence-electron chi connectivity index (χ4n) is 4.64. The molecule has 3 aromatic rings. The monoisotopic (exact) mass is 460 g/mol. The number of likely N-dealkylation sites (tertiary alicyclic amines) is 1. The first-order valence-electron chi connectivity index (χ1n) is 11.4. The van der Waals surface area contributed by atoms with E-state index in [2.05, 4.69) is 34.1 Å². The lowest BCUT2D eigenvalue weighted by Crippen LogP contribution is -2.45. The molecule has 170 valence electrons. The van der Waals surface area contributed by atoms with E-state index >= 15 is 0 Å². The topological polar surface area (TPSA) is 32.8 Å². The molecule has 0 aromatic heterocycles. The number of ether oxygens (including phenoxy) is 1. The zero-order valence-corrected chi connectivity index (χ0v) is 19.4. The van der Waals surface area contributed by atoms with Gasteiger partial charge in [-0.2, -0.15) is 0 Å². The molecule has 0 radical (unpaired) electrons. The van der Waals surface area contributed by atoms with Crippen LogP contribution in [0.1, 0.15) is 34.3 Å². The highest BCUT2D eigenvalue weighted by Crippen LogP contribution is 2.29. The van der Waals surface area contributed by atoms with Gasteiger partial charge in [-0.3, -0.25) is 9.69 Å². The van der Waals surface area contributed by atoms with Gasteiger partial charge >= 0.3 is 0 Å². The summed E-state index contributed by atoms with van der Waals surface area (Å²) in [6.07, 6.45) is 6.41. The van der Waals surface area contributed by atoms with E-state index in [9.17, 15) is 4.79 Å². The zero-order valence-electron chi connectivity index (χ0n) is 18.6. The SMILES string of the molecule is Cl.O=C1c2ccccc2CN1C1CCN(C/C=C\c2ccccc2Oc2ccccc2)CC1. The number of hydrogen-bond acceptors (Lipinski definition) is 3. The van der Waals surface area contributed by atoms with Gasteiger partial charge in [0.2, 0.25) is 0 Å². The first-order valence-corrected chi connectivity index (χ1v) is 11.4. The van der Waals surface area contributed by atoms with Gasteiger partial charge in [0.1, 0.15) is 11.5 Å². The quantitative estimate of drug-likeness (QED) is 0.450. The number of para-hydroxylation sites is 2. The Labute approximate surface area is 201 Å². The van der Waals surface area contributed by atoms with Gasteiger partial charge in [-0.05, 0) is 42.7 Å². The average Bonchev–Trinajstić information content (AvgIpc) is 3.18. The summed E-state index contributed by atoms with van der Waals surface area (Å²) >= 11 is 0. The van der Waals surface area contributed by atoms with Crippen molar-refractivity contribution in [1.29, 1.82) is 0 Å². The van der Waals surface area contributed by atoms with Crippen molar-refractivity contribution in [3.05, 3.63) is 102 Å². The molecular formula is C28H29ClN2O2. The van der Waals surface area contributed by atoms with Crippen LogP contribution in [-0.2, 0) is 6.54 Å². The first kappa shape index (κ1) is 23.1. The van der Waals surface area contributed by atoms with Gasteiger partial charge in [-0.1, -0.05) is 66.7 Å². The molecule has 1 amide bonds. The summed E-state index contributed by atoms with van der Waals surface area (Å²) in [7, 11) is 0. The number of halogens is 1. The first-order chi connectivity index (χ1) is 15.8. The predicted molar refractivity (Wildman–Crippen MR) is 135 cm³/mol. The Hall–Kier alpha value is -3.08. The molecule has 0 spiro atoms. The maximum absolute atomic E-state index is 12.8. The van der Waals surface area contributed by atoms with Crippen molar-refractivity contribution in [2.24, 2.45) is 0 Å². The third kappa shape index (κ3) is 5.29. The van der Waals surface area contributed by atoms with Gasteiger partial charge in [0, 0.05) is 43.3 Å². The van der Waals surface area contributed by atoms with Crippen molar-refractivity contribution in [3.63, 3.8) is 0 Å². The normalized spacial score (nSPS) is 16.6. The van der Waals surface area contributed by atoms with Crippen molar-refractivity contribution in [3.8, 4) is 11.5 Å². The minimum atomic E-state index is 0. The third-order valence-corrected chi connectivity index (χ3v) is 6.40. The highest BCUT2D eigenvalue weighted by atomic mass is 35.5. The van der Waals surface area contributed by atoms with E-state index in [1.807, 2.05) is 66.7 Å². The smallest absolute Gasteiger partial charge is 0.254 e. The van der Waals surface area contributed by atoms with Crippen LogP contribution in [0.5, 0.6) is 11.5 Å². The molecule has 4 nitrogen and oxygen atoms in total. The second-order valence-electron chi connectivity index (χ2n) is 8.48. The van der Waals surface area contributed by atoms with E-state index in [0.717, 1.165) is 61.6 Å². The molecule has 2 heterocycles. The van der Waals surface area contributed by atoms with Crippen LogP contribution in [-0.4, -0.2) is 41.4 Å². The van der Waals surface area contributed by atoms with Crippen molar-refractivity contribution < 1.29 is 9.53 Å². The van der Waals surface area contributed by atoms with Crippen LogP contribution in [0.15, 0.2) is 84.9 Å².